The van der Waals surface area contributed by atoms with Crippen LogP contribution in [0.15, 0.2) is 48.8 Å². The molecule has 3 rings (SSSR count). The van der Waals surface area contributed by atoms with Gasteiger partial charge in [-0.15, -0.1) is 0 Å². The van der Waals surface area contributed by atoms with Crippen molar-refractivity contribution in [3.05, 3.63) is 48.8 Å². The van der Waals surface area contributed by atoms with E-state index in [0.717, 1.165) is 43.0 Å². The molecule has 0 saturated carbocycles. The van der Waals surface area contributed by atoms with Crippen LogP contribution in [0.4, 0.5) is 5.69 Å². The average Bonchev–Trinajstić information content (AvgIpc) is 3.07. The second-order valence-electron chi connectivity index (χ2n) is 5.65. The Bertz CT molecular complexity index is 619. The number of hydrogen-bond donors (Lipinski definition) is 0. The molecule has 0 spiro atoms. The van der Waals surface area contributed by atoms with Gasteiger partial charge in [0.2, 0.25) is 5.91 Å². The maximum Gasteiger partial charge on any atom is 0.223 e. The first kappa shape index (κ1) is 14.7. The summed E-state index contributed by atoms with van der Waals surface area (Å²) in [4.78, 5) is 17.9. The fraction of sp³-hybridized carbons (Fsp3) is 0.333. The first-order valence-electron chi connectivity index (χ1n) is 7.60. The minimum atomic E-state index is 0.0704. The van der Waals surface area contributed by atoms with Crippen molar-refractivity contribution >= 4 is 11.6 Å². The Kier molecular flexibility index (Phi) is 4.49. The first-order chi connectivity index (χ1) is 10.7. The van der Waals surface area contributed by atoms with Crippen LogP contribution in [0.25, 0.3) is 11.1 Å². The summed E-state index contributed by atoms with van der Waals surface area (Å²) in [6.45, 7) is 3.89. The van der Waals surface area contributed by atoms with Crippen LogP contribution in [0.5, 0.6) is 0 Å². The van der Waals surface area contributed by atoms with Gasteiger partial charge < -0.3 is 9.64 Å². The summed E-state index contributed by atoms with van der Waals surface area (Å²) >= 11 is 0. The van der Waals surface area contributed by atoms with Gasteiger partial charge in [0.05, 0.1) is 6.61 Å². The Morgan fingerprint density at radius 1 is 1.27 bits per heavy atom. The van der Waals surface area contributed by atoms with E-state index in [-0.39, 0.29) is 5.91 Å². The van der Waals surface area contributed by atoms with Crippen molar-refractivity contribution in [1.29, 1.82) is 0 Å². The number of anilines is 1. The SMILES string of the molecule is CC(=O)N(CC1CCOC1)c1ccc(-c2cccnc2)cc1. The molecule has 0 radical (unpaired) electrons. The fourth-order valence-electron chi connectivity index (χ4n) is 2.77. The smallest absolute Gasteiger partial charge is 0.223 e. The van der Waals surface area contributed by atoms with E-state index in [1.165, 1.54) is 0 Å². The second-order valence-corrected chi connectivity index (χ2v) is 5.65. The number of amides is 1. The molecule has 1 aromatic carbocycles. The van der Waals surface area contributed by atoms with Crippen molar-refractivity contribution in [2.24, 2.45) is 5.92 Å². The highest BCUT2D eigenvalue weighted by Crippen LogP contribution is 2.24. The van der Waals surface area contributed by atoms with Crippen LogP contribution in [-0.4, -0.2) is 30.6 Å². The van der Waals surface area contributed by atoms with Crippen LogP contribution in [-0.2, 0) is 9.53 Å². The highest BCUT2D eigenvalue weighted by molar-refractivity contribution is 5.91. The van der Waals surface area contributed by atoms with E-state index < -0.39 is 0 Å². The molecule has 1 fully saturated rings. The molecule has 1 amide bonds. The van der Waals surface area contributed by atoms with E-state index in [1.807, 2.05) is 47.5 Å². The van der Waals surface area contributed by atoms with Crippen molar-refractivity contribution in [2.45, 2.75) is 13.3 Å². The second kappa shape index (κ2) is 6.71. The molecule has 4 heteroatoms. The molecule has 1 unspecified atom stereocenters. The molecule has 1 aliphatic rings. The van der Waals surface area contributed by atoms with Gasteiger partial charge in [0, 0.05) is 44.1 Å². The van der Waals surface area contributed by atoms with E-state index >= 15 is 0 Å². The maximum absolute atomic E-state index is 12.0. The Morgan fingerprint density at radius 2 is 2.09 bits per heavy atom. The van der Waals surface area contributed by atoms with Crippen LogP contribution in [0.2, 0.25) is 0 Å². The van der Waals surface area contributed by atoms with Crippen LogP contribution in [0, 0.1) is 5.92 Å². The molecule has 4 nitrogen and oxygen atoms in total. The van der Waals surface area contributed by atoms with Gasteiger partial charge in [-0.2, -0.15) is 0 Å². The third kappa shape index (κ3) is 3.34. The lowest BCUT2D eigenvalue weighted by Crippen LogP contribution is -2.33. The van der Waals surface area contributed by atoms with Gasteiger partial charge >= 0.3 is 0 Å². The van der Waals surface area contributed by atoms with Gasteiger partial charge in [-0.25, -0.2) is 0 Å². The number of pyridine rings is 1. The molecule has 1 saturated heterocycles. The molecule has 0 bridgehead atoms. The minimum absolute atomic E-state index is 0.0704. The lowest BCUT2D eigenvalue weighted by atomic mass is 10.1. The summed E-state index contributed by atoms with van der Waals surface area (Å²) in [5.74, 6) is 0.503. The average molecular weight is 296 g/mol. The first-order valence-corrected chi connectivity index (χ1v) is 7.60. The summed E-state index contributed by atoms with van der Waals surface area (Å²) < 4.78 is 5.41. The molecule has 1 atom stereocenters. The maximum atomic E-state index is 12.0. The lowest BCUT2D eigenvalue weighted by molar-refractivity contribution is -0.116. The summed E-state index contributed by atoms with van der Waals surface area (Å²) in [5.41, 5.74) is 3.12. The van der Waals surface area contributed by atoms with Crippen LogP contribution in [0.3, 0.4) is 0 Å². The third-order valence-electron chi connectivity index (χ3n) is 4.02. The number of hydrogen-bond acceptors (Lipinski definition) is 3. The number of carbonyl (C=O) groups is 1. The zero-order valence-electron chi connectivity index (χ0n) is 12.7. The van der Waals surface area contributed by atoms with Gasteiger partial charge in [-0.1, -0.05) is 18.2 Å². The molecule has 22 heavy (non-hydrogen) atoms. The number of benzene rings is 1. The predicted molar refractivity (Wildman–Crippen MR) is 86.6 cm³/mol. The van der Waals surface area contributed by atoms with E-state index in [4.69, 9.17) is 4.74 Å². The van der Waals surface area contributed by atoms with Gasteiger partial charge in [0.1, 0.15) is 0 Å². The standard InChI is InChI=1S/C18H20N2O2/c1-14(21)20(12-15-8-10-22-13-15)18-6-4-16(5-7-18)17-3-2-9-19-11-17/h2-7,9,11,15H,8,10,12-13H2,1H3. The molecule has 114 valence electrons. The topological polar surface area (TPSA) is 42.4 Å². The van der Waals surface area contributed by atoms with E-state index in [9.17, 15) is 4.79 Å². The molecule has 2 aromatic rings. The molecule has 0 N–H and O–H groups in total. The van der Waals surface area contributed by atoms with Crippen LogP contribution < -0.4 is 4.90 Å². The van der Waals surface area contributed by atoms with E-state index in [1.54, 1.807) is 13.1 Å². The van der Waals surface area contributed by atoms with Gasteiger partial charge in [-0.05, 0) is 35.7 Å². The Balaban J connectivity index is 1.78. The highest BCUT2D eigenvalue weighted by Gasteiger charge is 2.21. The van der Waals surface area contributed by atoms with Gasteiger partial charge in [0.25, 0.3) is 0 Å². The summed E-state index contributed by atoms with van der Waals surface area (Å²) in [5, 5.41) is 0. The lowest BCUT2D eigenvalue weighted by Gasteiger charge is -2.24. The van der Waals surface area contributed by atoms with Crippen molar-refractivity contribution in [1.82, 2.24) is 4.98 Å². The number of carbonyl (C=O) groups excluding carboxylic acids is 1. The van der Waals surface area contributed by atoms with Crippen molar-refractivity contribution in [3.8, 4) is 11.1 Å². The molecule has 2 heterocycles. The minimum Gasteiger partial charge on any atom is -0.381 e. The zero-order chi connectivity index (χ0) is 15.4. The zero-order valence-corrected chi connectivity index (χ0v) is 12.7. The highest BCUT2D eigenvalue weighted by atomic mass is 16.5. The van der Waals surface area contributed by atoms with Crippen LogP contribution >= 0.6 is 0 Å². The normalized spacial score (nSPS) is 17.4. The molecule has 1 aromatic heterocycles. The summed E-state index contributed by atoms with van der Waals surface area (Å²) in [7, 11) is 0. The number of rotatable bonds is 4. The molecular weight excluding hydrogens is 276 g/mol. The predicted octanol–water partition coefficient (Wildman–Crippen LogP) is 3.14. The summed E-state index contributed by atoms with van der Waals surface area (Å²) in [6, 6.07) is 12.0. The number of aromatic nitrogens is 1. The van der Waals surface area contributed by atoms with Gasteiger partial charge in [0.15, 0.2) is 0 Å². The number of ether oxygens (including phenoxy) is 1. The third-order valence-corrected chi connectivity index (χ3v) is 4.02. The Hall–Kier alpha value is -2.20. The molecular formula is C18H20N2O2. The largest absolute Gasteiger partial charge is 0.381 e. The van der Waals surface area contributed by atoms with E-state index in [2.05, 4.69) is 4.98 Å². The molecule has 0 aliphatic carbocycles. The van der Waals surface area contributed by atoms with Crippen LogP contribution in [0.1, 0.15) is 13.3 Å². The molecule has 1 aliphatic heterocycles. The van der Waals surface area contributed by atoms with Crippen molar-refractivity contribution in [3.63, 3.8) is 0 Å². The quantitative estimate of drug-likeness (QED) is 0.870. The Morgan fingerprint density at radius 3 is 2.68 bits per heavy atom. The number of nitrogens with zero attached hydrogens (tertiary/aromatic N) is 2. The monoisotopic (exact) mass is 296 g/mol. The Labute approximate surface area is 130 Å². The van der Waals surface area contributed by atoms with E-state index in [0.29, 0.717) is 5.92 Å². The van der Waals surface area contributed by atoms with Crippen molar-refractivity contribution < 1.29 is 9.53 Å². The summed E-state index contributed by atoms with van der Waals surface area (Å²) in [6.07, 6.45) is 4.63. The van der Waals surface area contributed by atoms with Crippen molar-refractivity contribution in [2.75, 3.05) is 24.7 Å². The fourth-order valence-corrected chi connectivity index (χ4v) is 2.77. The van der Waals surface area contributed by atoms with Gasteiger partial charge in [-0.3, -0.25) is 9.78 Å².